The van der Waals surface area contributed by atoms with Gasteiger partial charge in [-0.1, -0.05) is 17.2 Å². The van der Waals surface area contributed by atoms with Gasteiger partial charge >= 0.3 is 0 Å². The molecule has 0 aliphatic rings. The molecule has 1 amide bonds. The summed E-state index contributed by atoms with van der Waals surface area (Å²) in [5.41, 5.74) is 11.4. The molecule has 10 heteroatoms. The lowest BCUT2D eigenvalue weighted by Gasteiger charge is -2.17. The van der Waals surface area contributed by atoms with Gasteiger partial charge in [-0.25, -0.2) is 9.37 Å². The number of anilines is 2. The largest absolute Gasteiger partial charge is 0.354 e. The lowest BCUT2D eigenvalue weighted by atomic mass is 10.1. The molecule has 1 atom stereocenters. The summed E-state index contributed by atoms with van der Waals surface area (Å²) in [5.74, 6) is -0.784. The number of azide groups is 1. The van der Waals surface area contributed by atoms with Crippen LogP contribution >= 0.6 is 11.3 Å². The third-order valence-electron chi connectivity index (χ3n) is 4.48. The summed E-state index contributed by atoms with van der Waals surface area (Å²) in [4.78, 5) is 23.5. The zero-order valence-electron chi connectivity index (χ0n) is 15.5. The van der Waals surface area contributed by atoms with E-state index in [0.717, 1.165) is 16.7 Å². The maximum absolute atomic E-state index is 13.6. The molecule has 0 aliphatic heterocycles. The average molecular weight is 421 g/mol. The predicted molar refractivity (Wildman–Crippen MR) is 114 cm³/mol. The highest BCUT2D eigenvalue weighted by molar-refractivity contribution is 7.12. The van der Waals surface area contributed by atoms with E-state index in [9.17, 15) is 9.18 Å². The SMILES string of the molecule is [N-]=[N+]=NC[C@@H](NC(=O)c1sccc1Nc1ccnc2[nH]ccc12)c1cccc(F)c1. The molecule has 0 saturated heterocycles. The van der Waals surface area contributed by atoms with Crippen LogP contribution in [0.2, 0.25) is 0 Å². The third-order valence-corrected chi connectivity index (χ3v) is 5.40. The van der Waals surface area contributed by atoms with Crippen LogP contribution in [0.1, 0.15) is 21.3 Å². The summed E-state index contributed by atoms with van der Waals surface area (Å²) >= 11 is 1.27. The number of hydrogen-bond donors (Lipinski definition) is 3. The summed E-state index contributed by atoms with van der Waals surface area (Å²) in [7, 11) is 0. The van der Waals surface area contributed by atoms with Crippen LogP contribution in [0.5, 0.6) is 0 Å². The number of nitrogens with zero attached hydrogens (tertiary/aromatic N) is 4. The highest BCUT2D eigenvalue weighted by Crippen LogP contribution is 2.30. The smallest absolute Gasteiger partial charge is 0.263 e. The number of benzene rings is 1. The maximum atomic E-state index is 13.6. The number of carbonyl (C=O) groups is 1. The molecule has 3 aromatic heterocycles. The Morgan fingerprint density at radius 2 is 2.20 bits per heavy atom. The monoisotopic (exact) mass is 421 g/mol. The third kappa shape index (κ3) is 4.09. The first kappa shape index (κ1) is 19.4. The summed E-state index contributed by atoms with van der Waals surface area (Å²) in [6.07, 6.45) is 3.47. The molecule has 4 rings (SSSR count). The number of pyridine rings is 1. The number of aromatic nitrogens is 2. The van der Waals surface area contributed by atoms with Crippen molar-refractivity contribution in [2.24, 2.45) is 5.11 Å². The highest BCUT2D eigenvalue weighted by atomic mass is 32.1. The number of aromatic amines is 1. The van der Waals surface area contributed by atoms with Crippen LogP contribution in [0.15, 0.2) is 65.4 Å². The second-order valence-electron chi connectivity index (χ2n) is 6.38. The molecule has 3 heterocycles. The topological polar surface area (TPSA) is 119 Å². The van der Waals surface area contributed by atoms with Crippen molar-refractivity contribution in [1.82, 2.24) is 15.3 Å². The minimum absolute atomic E-state index is 0.0336. The van der Waals surface area contributed by atoms with E-state index in [4.69, 9.17) is 5.53 Å². The van der Waals surface area contributed by atoms with Crippen LogP contribution < -0.4 is 10.6 Å². The summed E-state index contributed by atoms with van der Waals surface area (Å²) in [5, 5.41) is 12.4. The molecule has 0 bridgehead atoms. The fourth-order valence-corrected chi connectivity index (χ4v) is 3.85. The van der Waals surface area contributed by atoms with Gasteiger partial charge < -0.3 is 15.6 Å². The molecule has 0 aliphatic carbocycles. The van der Waals surface area contributed by atoms with E-state index < -0.39 is 11.9 Å². The van der Waals surface area contributed by atoms with Gasteiger partial charge in [0, 0.05) is 22.7 Å². The first-order valence-electron chi connectivity index (χ1n) is 8.99. The number of hydrogen-bond acceptors (Lipinski definition) is 5. The second kappa shape index (κ2) is 8.64. The normalized spacial score (nSPS) is 11.6. The average Bonchev–Trinajstić information content (AvgIpc) is 3.41. The van der Waals surface area contributed by atoms with Crippen molar-refractivity contribution >= 4 is 39.7 Å². The molecule has 0 saturated carbocycles. The molecule has 8 nitrogen and oxygen atoms in total. The zero-order chi connectivity index (χ0) is 20.9. The minimum Gasteiger partial charge on any atom is -0.354 e. The number of amides is 1. The Bertz CT molecular complexity index is 1240. The standard InChI is InChI=1S/C20H16FN7OS/c21-13-3-1-2-12(10-13)17(11-25-28-22)27-20(29)18-16(6-9-30-18)26-15-5-8-24-19-14(15)4-7-23-19/h1-10,17H,11H2,(H,27,29)(H2,23,24,26)/t17-/m1/s1. The van der Waals surface area contributed by atoms with Gasteiger partial charge in [0.05, 0.1) is 24.0 Å². The second-order valence-corrected chi connectivity index (χ2v) is 7.30. The van der Waals surface area contributed by atoms with Crippen LogP contribution in [-0.2, 0) is 0 Å². The first-order chi connectivity index (χ1) is 14.7. The lowest BCUT2D eigenvalue weighted by molar-refractivity contribution is 0.0942. The number of rotatable bonds is 7. The Labute approximate surface area is 174 Å². The number of thiophene rings is 1. The van der Waals surface area contributed by atoms with Crippen LogP contribution in [0.3, 0.4) is 0 Å². The van der Waals surface area contributed by atoms with E-state index in [1.54, 1.807) is 29.9 Å². The molecule has 0 spiro atoms. The number of fused-ring (bicyclic) bond motifs is 1. The van der Waals surface area contributed by atoms with Gasteiger partial charge in [0.15, 0.2) is 0 Å². The number of H-pyrrole nitrogens is 1. The zero-order valence-corrected chi connectivity index (χ0v) is 16.4. The highest BCUT2D eigenvalue weighted by Gasteiger charge is 2.20. The van der Waals surface area contributed by atoms with Gasteiger partial charge in [-0.3, -0.25) is 4.79 Å². The number of nitrogens with one attached hydrogen (secondary N) is 3. The predicted octanol–water partition coefficient (Wildman–Crippen LogP) is 5.29. The van der Waals surface area contributed by atoms with E-state index in [1.165, 1.54) is 23.5 Å². The Balaban J connectivity index is 1.58. The summed E-state index contributed by atoms with van der Waals surface area (Å²) in [6.45, 7) is -0.0336. The van der Waals surface area contributed by atoms with E-state index in [0.29, 0.717) is 16.1 Å². The molecule has 0 unspecified atom stereocenters. The number of halogens is 1. The van der Waals surface area contributed by atoms with Crippen LogP contribution in [0, 0.1) is 5.82 Å². The molecular weight excluding hydrogens is 405 g/mol. The van der Waals surface area contributed by atoms with Crippen molar-refractivity contribution in [2.75, 3.05) is 11.9 Å². The van der Waals surface area contributed by atoms with E-state index in [-0.39, 0.29) is 12.5 Å². The molecule has 4 aromatic rings. The van der Waals surface area contributed by atoms with Gasteiger partial charge in [0.2, 0.25) is 0 Å². The van der Waals surface area contributed by atoms with Gasteiger partial charge in [-0.15, -0.1) is 11.3 Å². The molecule has 1 aromatic carbocycles. The lowest BCUT2D eigenvalue weighted by Crippen LogP contribution is -2.30. The van der Waals surface area contributed by atoms with Crippen molar-refractivity contribution in [2.45, 2.75) is 6.04 Å². The Kier molecular flexibility index (Phi) is 5.60. The molecule has 0 fully saturated rings. The van der Waals surface area contributed by atoms with Gasteiger partial charge in [0.1, 0.15) is 16.3 Å². The first-order valence-corrected chi connectivity index (χ1v) is 9.87. The van der Waals surface area contributed by atoms with Gasteiger partial charge in [-0.05, 0) is 46.8 Å². The molecule has 30 heavy (non-hydrogen) atoms. The minimum atomic E-state index is -0.656. The Hall–Kier alpha value is -3.88. The van der Waals surface area contributed by atoms with Gasteiger partial charge in [0.25, 0.3) is 5.91 Å². The van der Waals surface area contributed by atoms with E-state index in [2.05, 4.69) is 30.6 Å². The van der Waals surface area contributed by atoms with E-state index >= 15 is 0 Å². The number of carbonyl (C=O) groups excluding carboxylic acids is 1. The van der Waals surface area contributed by atoms with Crippen molar-refractivity contribution in [1.29, 1.82) is 0 Å². The van der Waals surface area contributed by atoms with Crippen molar-refractivity contribution < 1.29 is 9.18 Å². The van der Waals surface area contributed by atoms with Crippen LogP contribution in [-0.4, -0.2) is 22.4 Å². The quantitative estimate of drug-likeness (QED) is 0.214. The van der Waals surface area contributed by atoms with E-state index in [1.807, 2.05) is 18.2 Å². The summed E-state index contributed by atoms with van der Waals surface area (Å²) in [6, 6.07) is 10.7. The molecule has 150 valence electrons. The Morgan fingerprint density at radius 1 is 1.30 bits per heavy atom. The molecule has 3 N–H and O–H groups in total. The van der Waals surface area contributed by atoms with Crippen LogP contribution in [0.25, 0.3) is 21.5 Å². The summed E-state index contributed by atoms with van der Waals surface area (Å²) < 4.78 is 13.6. The van der Waals surface area contributed by atoms with Crippen LogP contribution in [0.4, 0.5) is 15.8 Å². The van der Waals surface area contributed by atoms with Crippen molar-refractivity contribution in [3.8, 4) is 0 Å². The fraction of sp³-hybridized carbons (Fsp3) is 0.100. The maximum Gasteiger partial charge on any atom is 0.263 e. The van der Waals surface area contributed by atoms with Crippen molar-refractivity contribution in [3.05, 3.63) is 86.9 Å². The van der Waals surface area contributed by atoms with Crippen molar-refractivity contribution in [3.63, 3.8) is 0 Å². The van der Waals surface area contributed by atoms with Gasteiger partial charge in [-0.2, -0.15) is 0 Å². The fourth-order valence-electron chi connectivity index (χ4n) is 3.10. The molecule has 0 radical (unpaired) electrons. The Morgan fingerprint density at radius 3 is 3.03 bits per heavy atom. The molecular formula is C20H16FN7OS.